The fraction of sp³-hybridized carbons (Fsp3) is 0.875. The van der Waals surface area contributed by atoms with Gasteiger partial charge < -0.3 is 10.8 Å². The van der Waals surface area contributed by atoms with Gasteiger partial charge in [-0.15, -0.1) is 0 Å². The molecule has 4 nitrogen and oxygen atoms in total. The molecule has 0 fully saturated rings. The highest BCUT2D eigenvalue weighted by atomic mass is 16.4. The van der Waals surface area contributed by atoms with E-state index in [-0.39, 0.29) is 11.6 Å². The Hall–Kier alpha value is -0.610. The molecule has 12 heavy (non-hydrogen) atoms. The summed E-state index contributed by atoms with van der Waals surface area (Å²) in [5.74, 6) is -0.880. The van der Waals surface area contributed by atoms with E-state index in [1.54, 1.807) is 6.92 Å². The first-order valence-corrected chi connectivity index (χ1v) is 3.99. The first-order chi connectivity index (χ1) is 5.25. The third-order valence-corrected chi connectivity index (χ3v) is 1.73. The van der Waals surface area contributed by atoms with Crippen LogP contribution in [0.4, 0.5) is 0 Å². The van der Waals surface area contributed by atoms with Crippen LogP contribution in [0.2, 0.25) is 0 Å². The second-order valence-electron chi connectivity index (χ2n) is 4.07. The van der Waals surface area contributed by atoms with Crippen LogP contribution in [-0.4, -0.2) is 23.3 Å². The van der Waals surface area contributed by atoms with E-state index in [9.17, 15) is 4.79 Å². The molecule has 0 saturated carbocycles. The van der Waals surface area contributed by atoms with Gasteiger partial charge in [0.15, 0.2) is 0 Å². The van der Waals surface area contributed by atoms with Gasteiger partial charge in [0.05, 0.1) is 6.17 Å². The quantitative estimate of drug-likeness (QED) is 0.541. The maximum absolute atomic E-state index is 10.4. The summed E-state index contributed by atoms with van der Waals surface area (Å²) in [6.45, 7) is 7.45. The maximum Gasteiger partial charge on any atom is 0.320 e. The Labute approximate surface area is 73.1 Å². The summed E-state index contributed by atoms with van der Waals surface area (Å²) in [5.41, 5.74) is 5.59. The van der Waals surface area contributed by atoms with Gasteiger partial charge in [-0.3, -0.25) is 10.1 Å². The second-order valence-corrected chi connectivity index (χ2v) is 4.07. The van der Waals surface area contributed by atoms with Crippen molar-refractivity contribution in [2.75, 3.05) is 0 Å². The Bertz CT molecular complexity index is 163. The lowest BCUT2D eigenvalue weighted by molar-refractivity contribution is -0.139. The van der Waals surface area contributed by atoms with Gasteiger partial charge in [0, 0.05) is 0 Å². The summed E-state index contributed by atoms with van der Waals surface area (Å²) < 4.78 is 0. The van der Waals surface area contributed by atoms with E-state index in [1.807, 2.05) is 20.8 Å². The highest BCUT2D eigenvalue weighted by Crippen LogP contribution is 2.15. The lowest BCUT2D eigenvalue weighted by Crippen LogP contribution is -2.53. The van der Waals surface area contributed by atoms with Crippen LogP contribution in [0, 0.1) is 5.41 Å². The maximum atomic E-state index is 10.4. The van der Waals surface area contributed by atoms with Gasteiger partial charge in [0.1, 0.15) is 6.04 Å². The number of carboxylic acid groups (broad SMARTS) is 1. The molecule has 0 aliphatic heterocycles. The van der Waals surface area contributed by atoms with E-state index in [0.29, 0.717) is 0 Å². The van der Waals surface area contributed by atoms with Crippen molar-refractivity contribution in [3.8, 4) is 0 Å². The number of hydrogen-bond acceptors (Lipinski definition) is 3. The van der Waals surface area contributed by atoms with Gasteiger partial charge in [0.25, 0.3) is 0 Å². The standard InChI is InChI=1S/C8H18N2O2/c1-5(6(11)12)10-7(9)8(2,3)4/h5,7,10H,9H2,1-4H3,(H,11,12)/t5-,7?/m0/s1. The summed E-state index contributed by atoms with van der Waals surface area (Å²) in [7, 11) is 0. The van der Waals surface area contributed by atoms with E-state index >= 15 is 0 Å². The Morgan fingerprint density at radius 3 is 2.17 bits per heavy atom. The SMILES string of the molecule is C[C@H](NC(N)C(C)(C)C)C(=O)O. The molecule has 0 rings (SSSR count). The minimum absolute atomic E-state index is 0.121. The van der Waals surface area contributed by atoms with Gasteiger partial charge in [-0.05, 0) is 12.3 Å². The summed E-state index contributed by atoms with van der Waals surface area (Å²) in [6, 6.07) is -0.598. The van der Waals surface area contributed by atoms with Crippen molar-refractivity contribution in [1.29, 1.82) is 0 Å². The molecule has 0 aromatic heterocycles. The van der Waals surface area contributed by atoms with E-state index in [1.165, 1.54) is 0 Å². The zero-order chi connectivity index (χ0) is 9.94. The zero-order valence-corrected chi connectivity index (χ0v) is 8.09. The van der Waals surface area contributed by atoms with Crippen molar-refractivity contribution in [3.05, 3.63) is 0 Å². The highest BCUT2D eigenvalue weighted by Gasteiger charge is 2.23. The molecule has 0 radical (unpaired) electrons. The third-order valence-electron chi connectivity index (χ3n) is 1.73. The van der Waals surface area contributed by atoms with Crippen molar-refractivity contribution in [2.24, 2.45) is 11.1 Å². The molecule has 0 amide bonds. The zero-order valence-electron chi connectivity index (χ0n) is 8.09. The van der Waals surface area contributed by atoms with Crippen molar-refractivity contribution in [3.63, 3.8) is 0 Å². The van der Waals surface area contributed by atoms with Crippen LogP contribution in [0.15, 0.2) is 0 Å². The van der Waals surface area contributed by atoms with Crippen molar-refractivity contribution >= 4 is 5.97 Å². The molecule has 1 unspecified atom stereocenters. The number of rotatable bonds is 3. The molecule has 0 aliphatic carbocycles. The minimum atomic E-state index is -0.880. The van der Waals surface area contributed by atoms with Gasteiger partial charge in [-0.1, -0.05) is 20.8 Å². The molecular weight excluding hydrogens is 156 g/mol. The molecule has 0 aromatic rings. The fourth-order valence-corrected chi connectivity index (χ4v) is 0.591. The largest absolute Gasteiger partial charge is 0.480 e. The highest BCUT2D eigenvalue weighted by molar-refractivity contribution is 5.72. The molecule has 0 aromatic carbocycles. The molecular formula is C8H18N2O2. The third kappa shape index (κ3) is 3.69. The number of nitrogens with one attached hydrogen (secondary N) is 1. The van der Waals surface area contributed by atoms with Crippen LogP contribution in [0.5, 0.6) is 0 Å². The lowest BCUT2D eigenvalue weighted by Gasteiger charge is -2.29. The topological polar surface area (TPSA) is 75.3 Å². The molecule has 2 atom stereocenters. The fourth-order valence-electron chi connectivity index (χ4n) is 0.591. The minimum Gasteiger partial charge on any atom is -0.480 e. The molecule has 0 aliphatic rings. The van der Waals surface area contributed by atoms with Crippen molar-refractivity contribution in [2.45, 2.75) is 39.9 Å². The van der Waals surface area contributed by atoms with Crippen LogP contribution in [0.3, 0.4) is 0 Å². The predicted octanol–water partition coefficient (Wildman–Crippen LogP) is 0.380. The number of aliphatic carboxylic acids is 1. The summed E-state index contributed by atoms with van der Waals surface area (Å²) >= 11 is 0. The van der Waals surface area contributed by atoms with Gasteiger partial charge in [-0.25, -0.2) is 0 Å². The van der Waals surface area contributed by atoms with Gasteiger partial charge >= 0.3 is 5.97 Å². The Morgan fingerprint density at radius 1 is 1.50 bits per heavy atom. The average Bonchev–Trinajstić information content (AvgIpc) is 1.85. The van der Waals surface area contributed by atoms with Gasteiger partial charge in [-0.2, -0.15) is 0 Å². The van der Waals surface area contributed by atoms with Crippen LogP contribution in [-0.2, 0) is 4.79 Å². The lowest BCUT2D eigenvalue weighted by atomic mass is 9.92. The Morgan fingerprint density at radius 2 is 1.92 bits per heavy atom. The Balaban J connectivity index is 4.01. The monoisotopic (exact) mass is 174 g/mol. The number of nitrogens with two attached hydrogens (primary N) is 1. The number of carbonyl (C=O) groups is 1. The van der Waals surface area contributed by atoms with E-state index in [0.717, 1.165) is 0 Å². The van der Waals surface area contributed by atoms with Crippen LogP contribution in [0.25, 0.3) is 0 Å². The van der Waals surface area contributed by atoms with Crippen LogP contribution in [0.1, 0.15) is 27.7 Å². The number of carboxylic acids is 1. The molecule has 0 bridgehead atoms. The smallest absolute Gasteiger partial charge is 0.320 e. The van der Waals surface area contributed by atoms with Gasteiger partial charge in [0.2, 0.25) is 0 Å². The second kappa shape index (κ2) is 3.87. The normalized spacial score (nSPS) is 17.1. The first-order valence-electron chi connectivity index (χ1n) is 3.99. The van der Waals surface area contributed by atoms with E-state index < -0.39 is 12.0 Å². The molecule has 0 spiro atoms. The van der Waals surface area contributed by atoms with E-state index in [4.69, 9.17) is 10.8 Å². The first kappa shape index (κ1) is 11.4. The summed E-state index contributed by atoms with van der Waals surface area (Å²) in [5, 5.41) is 11.4. The predicted molar refractivity (Wildman–Crippen MR) is 47.7 cm³/mol. The Kier molecular flexibility index (Phi) is 3.67. The average molecular weight is 174 g/mol. The van der Waals surface area contributed by atoms with Crippen molar-refractivity contribution < 1.29 is 9.90 Å². The summed E-state index contributed by atoms with van der Waals surface area (Å²) in [6.07, 6.45) is -0.302. The molecule has 4 heteroatoms. The van der Waals surface area contributed by atoms with Crippen molar-refractivity contribution in [1.82, 2.24) is 5.32 Å². The number of hydrogen-bond donors (Lipinski definition) is 3. The molecule has 0 heterocycles. The van der Waals surface area contributed by atoms with Crippen LogP contribution < -0.4 is 11.1 Å². The molecule has 4 N–H and O–H groups in total. The molecule has 0 saturated heterocycles. The van der Waals surface area contributed by atoms with E-state index in [2.05, 4.69) is 5.32 Å². The van der Waals surface area contributed by atoms with Crippen LogP contribution >= 0.6 is 0 Å². The molecule has 72 valence electrons. The summed E-state index contributed by atoms with van der Waals surface area (Å²) in [4.78, 5) is 10.4.